The lowest BCUT2D eigenvalue weighted by molar-refractivity contribution is -0.413. The standard InChI is InChI=1S/C12H15F9O3/c1-3-23-8-7(22)6(4-5(2)24-8)9(13,14)10(15,16)11(17,18)12(19,20)21/h5-8,22H,3-4H2,1-2H3/t5-,6-,7+,8-/m1/s1. The van der Waals surface area contributed by atoms with Gasteiger partial charge in [-0.1, -0.05) is 0 Å². The summed E-state index contributed by atoms with van der Waals surface area (Å²) in [6.07, 6.45) is -13.6. The molecule has 1 heterocycles. The van der Waals surface area contributed by atoms with Crippen molar-refractivity contribution in [2.24, 2.45) is 5.92 Å². The molecule has 0 unspecified atom stereocenters. The van der Waals surface area contributed by atoms with Crippen molar-refractivity contribution in [1.29, 1.82) is 0 Å². The number of aliphatic hydroxyl groups excluding tert-OH is 1. The van der Waals surface area contributed by atoms with Crippen LogP contribution in [0.4, 0.5) is 39.5 Å². The fraction of sp³-hybridized carbons (Fsp3) is 1.00. The van der Waals surface area contributed by atoms with Crippen molar-refractivity contribution in [1.82, 2.24) is 0 Å². The largest absolute Gasteiger partial charge is 0.460 e. The lowest BCUT2D eigenvalue weighted by Crippen LogP contribution is -2.66. The van der Waals surface area contributed by atoms with Crippen LogP contribution in [-0.4, -0.2) is 54.2 Å². The molecule has 0 bridgehead atoms. The second-order valence-corrected chi connectivity index (χ2v) is 5.37. The summed E-state index contributed by atoms with van der Waals surface area (Å²) >= 11 is 0. The molecular formula is C12H15F9O3. The predicted octanol–water partition coefficient (Wildman–Crippen LogP) is 3.60. The number of rotatable bonds is 5. The van der Waals surface area contributed by atoms with Crippen LogP contribution in [0.3, 0.4) is 0 Å². The molecule has 3 nitrogen and oxygen atoms in total. The molecule has 0 aromatic rings. The van der Waals surface area contributed by atoms with E-state index >= 15 is 0 Å². The number of hydrogen-bond donors (Lipinski definition) is 1. The Labute approximate surface area is 130 Å². The highest BCUT2D eigenvalue weighted by Crippen LogP contribution is 2.57. The second kappa shape index (κ2) is 6.52. The van der Waals surface area contributed by atoms with Crippen molar-refractivity contribution in [3.05, 3.63) is 0 Å². The smallest absolute Gasteiger partial charge is 0.387 e. The third-order valence-corrected chi connectivity index (χ3v) is 3.61. The summed E-state index contributed by atoms with van der Waals surface area (Å²) in [5.41, 5.74) is 0. The normalized spacial score (nSPS) is 30.5. The number of hydrogen-bond acceptors (Lipinski definition) is 3. The van der Waals surface area contributed by atoms with Gasteiger partial charge in [0, 0.05) is 6.61 Å². The summed E-state index contributed by atoms with van der Waals surface area (Å²) in [6, 6.07) is 0. The van der Waals surface area contributed by atoms with Gasteiger partial charge in [-0.2, -0.15) is 39.5 Å². The fourth-order valence-corrected chi connectivity index (χ4v) is 2.34. The zero-order valence-corrected chi connectivity index (χ0v) is 12.4. The van der Waals surface area contributed by atoms with Crippen LogP contribution < -0.4 is 0 Å². The molecule has 0 radical (unpaired) electrons. The van der Waals surface area contributed by atoms with Gasteiger partial charge in [0.2, 0.25) is 0 Å². The third-order valence-electron chi connectivity index (χ3n) is 3.61. The molecule has 0 saturated carbocycles. The van der Waals surface area contributed by atoms with Crippen molar-refractivity contribution in [2.75, 3.05) is 6.61 Å². The molecule has 0 aliphatic carbocycles. The van der Waals surface area contributed by atoms with E-state index in [9.17, 15) is 44.6 Å². The Bertz CT molecular complexity index is 438. The van der Waals surface area contributed by atoms with Gasteiger partial charge in [0.1, 0.15) is 6.10 Å². The van der Waals surface area contributed by atoms with Crippen LogP contribution in [-0.2, 0) is 9.47 Å². The summed E-state index contributed by atoms with van der Waals surface area (Å²) in [5.74, 6) is -22.6. The molecule has 0 spiro atoms. The second-order valence-electron chi connectivity index (χ2n) is 5.37. The van der Waals surface area contributed by atoms with E-state index in [0.717, 1.165) is 6.92 Å². The number of alkyl halides is 9. The first-order chi connectivity index (χ1) is 10.6. The van der Waals surface area contributed by atoms with Gasteiger partial charge < -0.3 is 14.6 Å². The average Bonchev–Trinajstić information content (AvgIpc) is 2.40. The predicted molar refractivity (Wildman–Crippen MR) is 61.0 cm³/mol. The fourth-order valence-electron chi connectivity index (χ4n) is 2.34. The Morgan fingerprint density at radius 1 is 1.00 bits per heavy atom. The Balaban J connectivity index is 3.25. The van der Waals surface area contributed by atoms with E-state index in [1.165, 1.54) is 6.92 Å². The Kier molecular flexibility index (Phi) is 5.79. The quantitative estimate of drug-likeness (QED) is 0.743. The van der Waals surface area contributed by atoms with Crippen LogP contribution in [0.15, 0.2) is 0 Å². The molecule has 1 aliphatic rings. The van der Waals surface area contributed by atoms with Crippen LogP contribution in [0.1, 0.15) is 20.3 Å². The first kappa shape index (κ1) is 21.3. The van der Waals surface area contributed by atoms with E-state index in [1.54, 1.807) is 0 Å². The van der Waals surface area contributed by atoms with Crippen molar-refractivity contribution in [3.8, 4) is 0 Å². The highest BCUT2D eigenvalue weighted by Gasteiger charge is 2.83. The number of aliphatic hydroxyl groups is 1. The Hall–Kier alpha value is -0.750. The molecule has 0 amide bonds. The highest BCUT2D eigenvalue weighted by molar-refractivity contribution is 5.05. The van der Waals surface area contributed by atoms with E-state index in [1.807, 2.05) is 0 Å². The summed E-state index contributed by atoms with van der Waals surface area (Å²) in [5, 5.41) is 9.66. The van der Waals surface area contributed by atoms with E-state index in [0.29, 0.717) is 0 Å². The van der Waals surface area contributed by atoms with Gasteiger partial charge in [-0.3, -0.25) is 0 Å². The summed E-state index contributed by atoms with van der Waals surface area (Å²) in [7, 11) is 0. The Morgan fingerprint density at radius 2 is 1.50 bits per heavy atom. The van der Waals surface area contributed by atoms with Crippen LogP contribution in [0, 0.1) is 5.92 Å². The van der Waals surface area contributed by atoms with Crippen molar-refractivity contribution in [2.45, 2.75) is 62.7 Å². The van der Waals surface area contributed by atoms with Gasteiger partial charge in [0.15, 0.2) is 6.29 Å². The molecule has 24 heavy (non-hydrogen) atoms. The molecule has 4 atom stereocenters. The molecule has 1 fully saturated rings. The number of halogens is 9. The lowest BCUT2D eigenvalue weighted by atomic mass is 9.82. The average molecular weight is 378 g/mol. The minimum Gasteiger partial charge on any atom is -0.387 e. The van der Waals surface area contributed by atoms with Gasteiger partial charge in [-0.15, -0.1) is 0 Å². The molecular weight excluding hydrogens is 363 g/mol. The van der Waals surface area contributed by atoms with E-state index in [2.05, 4.69) is 0 Å². The minimum atomic E-state index is -6.99. The maximum absolute atomic E-state index is 13.9. The molecule has 1 N–H and O–H groups in total. The first-order valence-corrected chi connectivity index (χ1v) is 6.76. The summed E-state index contributed by atoms with van der Waals surface area (Å²) < 4.78 is 127. The molecule has 1 rings (SSSR count). The van der Waals surface area contributed by atoms with Crippen LogP contribution in [0.25, 0.3) is 0 Å². The van der Waals surface area contributed by atoms with E-state index in [-0.39, 0.29) is 6.61 Å². The molecule has 12 heteroatoms. The third kappa shape index (κ3) is 3.32. The van der Waals surface area contributed by atoms with Gasteiger partial charge >= 0.3 is 23.9 Å². The number of ether oxygens (including phenoxy) is 2. The molecule has 0 aromatic heterocycles. The van der Waals surface area contributed by atoms with Crippen LogP contribution in [0.2, 0.25) is 0 Å². The maximum Gasteiger partial charge on any atom is 0.460 e. The van der Waals surface area contributed by atoms with Crippen molar-refractivity contribution in [3.63, 3.8) is 0 Å². The van der Waals surface area contributed by atoms with Crippen molar-refractivity contribution < 1.29 is 54.1 Å². The van der Waals surface area contributed by atoms with Crippen molar-refractivity contribution >= 4 is 0 Å². The molecule has 0 aromatic carbocycles. The van der Waals surface area contributed by atoms with Crippen LogP contribution in [0.5, 0.6) is 0 Å². The summed E-state index contributed by atoms with van der Waals surface area (Å²) in [4.78, 5) is 0. The van der Waals surface area contributed by atoms with E-state index in [4.69, 9.17) is 9.47 Å². The van der Waals surface area contributed by atoms with Crippen LogP contribution >= 0.6 is 0 Å². The van der Waals surface area contributed by atoms with Gasteiger partial charge in [-0.05, 0) is 20.3 Å². The van der Waals surface area contributed by atoms with Gasteiger partial charge in [-0.25, -0.2) is 0 Å². The lowest BCUT2D eigenvalue weighted by Gasteiger charge is -2.44. The molecule has 1 saturated heterocycles. The van der Waals surface area contributed by atoms with E-state index < -0.39 is 54.8 Å². The minimum absolute atomic E-state index is 0.207. The van der Waals surface area contributed by atoms with Gasteiger partial charge in [0.25, 0.3) is 0 Å². The first-order valence-electron chi connectivity index (χ1n) is 6.76. The maximum atomic E-state index is 13.9. The zero-order valence-electron chi connectivity index (χ0n) is 12.4. The Morgan fingerprint density at radius 3 is 1.92 bits per heavy atom. The summed E-state index contributed by atoms with van der Waals surface area (Å²) in [6.45, 7) is 2.23. The van der Waals surface area contributed by atoms with Gasteiger partial charge in [0.05, 0.1) is 12.0 Å². The zero-order chi connectivity index (χ0) is 19.1. The molecule has 1 aliphatic heterocycles. The highest BCUT2D eigenvalue weighted by atomic mass is 19.4. The molecule has 144 valence electrons. The SMILES string of the molecule is CCO[C@@H]1O[C@H](C)C[C@@H](C(F)(F)C(F)(F)C(F)(F)C(F)(F)F)[C@@H]1O. The monoisotopic (exact) mass is 378 g/mol. The topological polar surface area (TPSA) is 38.7 Å².